The summed E-state index contributed by atoms with van der Waals surface area (Å²) in [5.74, 6) is 0. The molecule has 1 aliphatic heterocycles. The van der Waals surface area contributed by atoms with Crippen LogP contribution in [-0.4, -0.2) is 24.0 Å². The van der Waals surface area contributed by atoms with E-state index in [-0.39, 0.29) is 17.8 Å². The Morgan fingerprint density at radius 1 is 1.22 bits per heavy atom. The second-order valence-corrected chi connectivity index (χ2v) is 6.23. The van der Waals surface area contributed by atoms with Gasteiger partial charge >= 0.3 is 0 Å². The highest BCUT2D eigenvalue weighted by Gasteiger charge is 2.19. The molecule has 1 heterocycles. The van der Waals surface area contributed by atoms with Crippen molar-refractivity contribution in [1.29, 1.82) is 0 Å². The Hall–Kier alpha value is -0.570. The highest BCUT2D eigenvalue weighted by molar-refractivity contribution is 5.85. The first kappa shape index (κ1) is 15.5. The topological polar surface area (TPSA) is 29.3 Å². The maximum Gasteiger partial charge on any atom is 0.0234 e. The van der Waals surface area contributed by atoms with Gasteiger partial charge < -0.3 is 5.73 Å². The third-order valence-corrected chi connectivity index (χ3v) is 3.53. The van der Waals surface area contributed by atoms with Gasteiger partial charge in [-0.1, -0.05) is 45.0 Å². The third kappa shape index (κ3) is 3.98. The molecule has 0 aliphatic carbocycles. The van der Waals surface area contributed by atoms with Crippen molar-refractivity contribution in [2.45, 2.75) is 45.2 Å². The molecule has 1 aliphatic rings. The lowest BCUT2D eigenvalue weighted by molar-refractivity contribution is 0.327. The van der Waals surface area contributed by atoms with Crippen LogP contribution in [0, 0.1) is 0 Å². The van der Waals surface area contributed by atoms with Crippen LogP contribution in [0.25, 0.3) is 0 Å². The molecule has 0 amide bonds. The number of halogens is 1. The van der Waals surface area contributed by atoms with Crippen molar-refractivity contribution in [3.63, 3.8) is 0 Å². The molecule has 0 bridgehead atoms. The van der Waals surface area contributed by atoms with Gasteiger partial charge in [0, 0.05) is 25.7 Å². The van der Waals surface area contributed by atoms with Gasteiger partial charge in [-0.25, -0.2) is 0 Å². The summed E-state index contributed by atoms with van der Waals surface area (Å²) in [7, 11) is 0. The number of nitrogens with zero attached hydrogens (tertiary/aromatic N) is 1. The zero-order valence-electron chi connectivity index (χ0n) is 11.6. The molecule has 18 heavy (non-hydrogen) atoms. The minimum atomic E-state index is 0. The molecule has 1 aromatic rings. The number of nitrogens with two attached hydrogens (primary N) is 1. The Morgan fingerprint density at radius 3 is 2.28 bits per heavy atom. The molecule has 0 aromatic heterocycles. The quantitative estimate of drug-likeness (QED) is 0.894. The highest BCUT2D eigenvalue weighted by atomic mass is 35.5. The second-order valence-electron chi connectivity index (χ2n) is 6.23. The van der Waals surface area contributed by atoms with E-state index < -0.39 is 0 Å². The summed E-state index contributed by atoms with van der Waals surface area (Å²) in [6.45, 7) is 9.98. The van der Waals surface area contributed by atoms with Gasteiger partial charge in [0.2, 0.25) is 0 Å². The van der Waals surface area contributed by atoms with E-state index in [0.717, 1.165) is 26.1 Å². The molecule has 1 fully saturated rings. The van der Waals surface area contributed by atoms with Crippen LogP contribution < -0.4 is 5.73 Å². The summed E-state index contributed by atoms with van der Waals surface area (Å²) in [5.41, 5.74) is 8.96. The van der Waals surface area contributed by atoms with E-state index >= 15 is 0 Å². The molecule has 0 saturated carbocycles. The molecular weight excluding hydrogens is 244 g/mol. The zero-order valence-corrected chi connectivity index (χ0v) is 12.5. The molecule has 0 radical (unpaired) electrons. The fraction of sp³-hybridized carbons (Fsp3) is 0.600. The second kappa shape index (κ2) is 6.05. The van der Waals surface area contributed by atoms with Crippen LogP contribution in [0.1, 0.15) is 38.3 Å². The molecule has 1 saturated heterocycles. The minimum absolute atomic E-state index is 0. The average Bonchev–Trinajstić information content (AvgIpc) is 2.63. The Balaban J connectivity index is 0.00000162. The predicted molar refractivity (Wildman–Crippen MR) is 80.3 cm³/mol. The van der Waals surface area contributed by atoms with Gasteiger partial charge in [0.15, 0.2) is 0 Å². The maximum absolute atomic E-state index is 5.92. The highest BCUT2D eigenvalue weighted by Crippen LogP contribution is 2.22. The third-order valence-electron chi connectivity index (χ3n) is 3.53. The normalized spacial score (nSPS) is 20.8. The summed E-state index contributed by atoms with van der Waals surface area (Å²) < 4.78 is 0. The summed E-state index contributed by atoms with van der Waals surface area (Å²) in [5, 5.41) is 0. The van der Waals surface area contributed by atoms with Crippen molar-refractivity contribution in [2.75, 3.05) is 13.1 Å². The summed E-state index contributed by atoms with van der Waals surface area (Å²) >= 11 is 0. The van der Waals surface area contributed by atoms with E-state index in [2.05, 4.69) is 49.9 Å². The van der Waals surface area contributed by atoms with E-state index in [9.17, 15) is 0 Å². The number of hydrogen-bond acceptors (Lipinski definition) is 2. The van der Waals surface area contributed by atoms with Crippen LogP contribution in [0.3, 0.4) is 0 Å². The van der Waals surface area contributed by atoms with Gasteiger partial charge in [-0.05, 0) is 23.0 Å². The first-order chi connectivity index (χ1) is 7.95. The number of likely N-dealkylation sites (tertiary alicyclic amines) is 1. The Bertz CT molecular complexity index is 367. The monoisotopic (exact) mass is 268 g/mol. The Kier molecular flexibility index (Phi) is 5.20. The average molecular weight is 269 g/mol. The number of benzene rings is 1. The van der Waals surface area contributed by atoms with E-state index in [4.69, 9.17) is 5.73 Å². The van der Waals surface area contributed by atoms with Gasteiger partial charge in [-0.3, -0.25) is 4.90 Å². The lowest BCUT2D eigenvalue weighted by Gasteiger charge is -2.20. The van der Waals surface area contributed by atoms with E-state index in [1.54, 1.807) is 0 Å². The van der Waals surface area contributed by atoms with Crippen molar-refractivity contribution in [2.24, 2.45) is 5.73 Å². The smallest absolute Gasteiger partial charge is 0.0234 e. The fourth-order valence-electron chi connectivity index (χ4n) is 2.37. The van der Waals surface area contributed by atoms with Gasteiger partial charge in [0.05, 0.1) is 0 Å². The largest absolute Gasteiger partial charge is 0.326 e. The van der Waals surface area contributed by atoms with E-state index in [1.165, 1.54) is 11.1 Å². The standard InChI is InChI=1S/C15H24N2.ClH/c1-15(2,3)13-6-4-12(5-7-13)10-17-9-8-14(16)11-17;/h4-7,14H,8-11,16H2,1-3H3;1H. The van der Waals surface area contributed by atoms with Crippen LogP contribution in [0.15, 0.2) is 24.3 Å². The zero-order chi connectivity index (χ0) is 12.5. The molecule has 1 aromatic carbocycles. The van der Waals surface area contributed by atoms with Crippen LogP contribution in [-0.2, 0) is 12.0 Å². The molecule has 2 rings (SSSR count). The lowest BCUT2D eigenvalue weighted by atomic mass is 9.87. The summed E-state index contributed by atoms with van der Waals surface area (Å²) in [4.78, 5) is 2.44. The molecule has 0 spiro atoms. The predicted octanol–water partition coefficient (Wildman–Crippen LogP) is 2.94. The molecule has 1 atom stereocenters. The summed E-state index contributed by atoms with van der Waals surface area (Å²) in [6, 6.07) is 9.40. The number of rotatable bonds is 2. The molecule has 102 valence electrons. The molecule has 2 N–H and O–H groups in total. The number of hydrogen-bond donors (Lipinski definition) is 1. The minimum Gasteiger partial charge on any atom is -0.326 e. The van der Waals surface area contributed by atoms with Crippen molar-refractivity contribution >= 4 is 12.4 Å². The Labute approximate surface area is 117 Å². The van der Waals surface area contributed by atoms with Crippen LogP contribution >= 0.6 is 12.4 Å². The van der Waals surface area contributed by atoms with Gasteiger partial charge in [0.1, 0.15) is 0 Å². The van der Waals surface area contributed by atoms with E-state index in [0.29, 0.717) is 6.04 Å². The van der Waals surface area contributed by atoms with Gasteiger partial charge in [-0.2, -0.15) is 0 Å². The van der Waals surface area contributed by atoms with Gasteiger partial charge in [0.25, 0.3) is 0 Å². The van der Waals surface area contributed by atoms with Crippen molar-refractivity contribution in [3.05, 3.63) is 35.4 Å². The van der Waals surface area contributed by atoms with Crippen LogP contribution in [0.4, 0.5) is 0 Å². The van der Waals surface area contributed by atoms with Crippen LogP contribution in [0.2, 0.25) is 0 Å². The van der Waals surface area contributed by atoms with E-state index in [1.807, 2.05) is 0 Å². The maximum atomic E-state index is 5.92. The van der Waals surface area contributed by atoms with Crippen molar-refractivity contribution in [1.82, 2.24) is 4.90 Å². The molecule has 3 heteroatoms. The molecule has 1 unspecified atom stereocenters. The van der Waals surface area contributed by atoms with Crippen molar-refractivity contribution < 1.29 is 0 Å². The molecule has 2 nitrogen and oxygen atoms in total. The van der Waals surface area contributed by atoms with Gasteiger partial charge in [-0.15, -0.1) is 12.4 Å². The first-order valence-corrected chi connectivity index (χ1v) is 6.52. The Morgan fingerprint density at radius 2 is 1.83 bits per heavy atom. The molecular formula is C15H25ClN2. The SMILES string of the molecule is CC(C)(C)c1ccc(CN2CCC(N)C2)cc1.Cl. The first-order valence-electron chi connectivity index (χ1n) is 6.52. The van der Waals surface area contributed by atoms with Crippen LogP contribution in [0.5, 0.6) is 0 Å². The summed E-state index contributed by atoms with van der Waals surface area (Å²) in [6.07, 6.45) is 1.14. The lowest BCUT2D eigenvalue weighted by Crippen LogP contribution is -2.26. The fourth-order valence-corrected chi connectivity index (χ4v) is 2.37. The van der Waals surface area contributed by atoms with Crippen molar-refractivity contribution in [3.8, 4) is 0 Å².